The highest BCUT2D eigenvalue weighted by molar-refractivity contribution is 6.05. The molecular weight excluding hydrogens is 186 g/mol. The van der Waals surface area contributed by atoms with Crippen LogP contribution in [0.1, 0.15) is 0 Å². The van der Waals surface area contributed by atoms with Gasteiger partial charge in [0, 0.05) is 0 Å². The number of fused-ring (bicyclic) bond motifs is 5. The van der Waals surface area contributed by atoms with Crippen molar-refractivity contribution in [3.05, 3.63) is 12.2 Å². The zero-order valence-electron chi connectivity index (χ0n) is 7.54. The molecule has 0 aromatic rings. The maximum Gasteiger partial charge on any atom is 0.260 e. The number of hydrogen-bond acceptors (Lipinski definition) is 4. The van der Waals surface area contributed by atoms with Crippen LogP contribution < -0.4 is 0 Å². The molecule has 3 aliphatic heterocycles. The molecular formula is C9H9NO4. The van der Waals surface area contributed by atoms with Crippen LogP contribution >= 0.6 is 0 Å². The Bertz CT molecular complexity index is 321. The number of imide groups is 1. The largest absolute Gasteiger partial charge is 0.365 e. The fraction of sp³-hybridized carbons (Fsp3) is 0.556. The number of carbonyl (C=O) groups is 2. The van der Waals surface area contributed by atoms with E-state index >= 15 is 0 Å². The average molecular weight is 195 g/mol. The Hall–Kier alpha value is -1.20. The Labute approximate surface area is 80.2 Å². The second kappa shape index (κ2) is 2.43. The molecule has 0 radical (unpaired) electrons. The van der Waals surface area contributed by atoms with E-state index in [1.165, 1.54) is 7.11 Å². The third-order valence-electron chi connectivity index (χ3n) is 3.05. The second-order valence-corrected chi connectivity index (χ2v) is 3.66. The van der Waals surface area contributed by atoms with Crippen LogP contribution in [-0.2, 0) is 19.2 Å². The molecule has 2 amide bonds. The molecule has 3 heterocycles. The minimum Gasteiger partial charge on any atom is -0.365 e. The van der Waals surface area contributed by atoms with Crippen LogP contribution in [0.3, 0.4) is 0 Å². The summed E-state index contributed by atoms with van der Waals surface area (Å²) in [5.74, 6) is -1.28. The van der Waals surface area contributed by atoms with Gasteiger partial charge in [-0.2, -0.15) is 5.06 Å². The fourth-order valence-electron chi connectivity index (χ4n) is 2.46. The van der Waals surface area contributed by atoms with Gasteiger partial charge in [0.15, 0.2) is 0 Å². The molecule has 5 nitrogen and oxygen atoms in total. The van der Waals surface area contributed by atoms with E-state index in [0.717, 1.165) is 5.06 Å². The summed E-state index contributed by atoms with van der Waals surface area (Å²) in [6.07, 6.45) is 3.22. The van der Waals surface area contributed by atoms with Crippen molar-refractivity contribution >= 4 is 11.8 Å². The van der Waals surface area contributed by atoms with E-state index < -0.39 is 0 Å². The Morgan fingerprint density at radius 3 is 2.14 bits per heavy atom. The van der Waals surface area contributed by atoms with Crippen LogP contribution in [0.2, 0.25) is 0 Å². The predicted molar refractivity (Wildman–Crippen MR) is 43.6 cm³/mol. The highest BCUT2D eigenvalue weighted by Gasteiger charge is 2.61. The number of hydroxylamine groups is 2. The molecule has 0 N–H and O–H groups in total. The Morgan fingerprint density at radius 1 is 1.21 bits per heavy atom. The minimum atomic E-state index is -0.363. The molecule has 3 aliphatic rings. The van der Waals surface area contributed by atoms with Crippen molar-refractivity contribution in [2.75, 3.05) is 7.11 Å². The molecule has 0 aromatic heterocycles. The molecule has 0 aromatic carbocycles. The van der Waals surface area contributed by atoms with E-state index in [2.05, 4.69) is 0 Å². The molecule has 14 heavy (non-hydrogen) atoms. The number of carbonyl (C=O) groups excluding carboxylic acids is 2. The normalized spacial score (nSPS) is 43.9. The first-order chi connectivity index (χ1) is 6.74. The van der Waals surface area contributed by atoms with Crippen molar-refractivity contribution in [3.8, 4) is 0 Å². The lowest BCUT2D eigenvalue weighted by molar-refractivity contribution is -0.183. The van der Waals surface area contributed by atoms with Crippen LogP contribution in [-0.4, -0.2) is 36.2 Å². The van der Waals surface area contributed by atoms with Crippen LogP contribution in [0.4, 0.5) is 0 Å². The van der Waals surface area contributed by atoms with Crippen molar-refractivity contribution in [1.82, 2.24) is 5.06 Å². The van der Waals surface area contributed by atoms with Crippen LogP contribution in [0, 0.1) is 11.8 Å². The summed E-state index contributed by atoms with van der Waals surface area (Å²) < 4.78 is 5.44. The molecule has 3 rings (SSSR count). The quantitative estimate of drug-likeness (QED) is 0.417. The standard InChI is InChI=1S/C9H9NO4/c1-13-10-8(11)6-4-2-3-5(14-4)7(6)9(10)12/h2-7H,1H3/t4-,5-,6-,7+/m0/s1. The smallest absolute Gasteiger partial charge is 0.260 e. The molecule has 2 bridgehead atoms. The van der Waals surface area contributed by atoms with Gasteiger partial charge >= 0.3 is 0 Å². The number of ether oxygens (including phenoxy) is 1. The molecule has 0 spiro atoms. The topological polar surface area (TPSA) is 55.8 Å². The zero-order valence-corrected chi connectivity index (χ0v) is 7.54. The molecule has 0 aliphatic carbocycles. The van der Waals surface area contributed by atoms with Gasteiger partial charge < -0.3 is 4.74 Å². The lowest BCUT2D eigenvalue weighted by atomic mass is 9.85. The van der Waals surface area contributed by atoms with E-state index in [1.807, 2.05) is 12.2 Å². The molecule has 74 valence electrons. The summed E-state index contributed by atoms with van der Waals surface area (Å²) in [4.78, 5) is 28.1. The summed E-state index contributed by atoms with van der Waals surface area (Å²) in [6.45, 7) is 0. The summed E-state index contributed by atoms with van der Waals surface area (Å²) in [7, 11) is 1.33. The molecule has 0 saturated carbocycles. The van der Waals surface area contributed by atoms with Gasteiger partial charge in [0.2, 0.25) is 0 Å². The second-order valence-electron chi connectivity index (χ2n) is 3.66. The maximum atomic E-state index is 11.7. The van der Waals surface area contributed by atoms with Gasteiger partial charge in [-0.1, -0.05) is 12.2 Å². The van der Waals surface area contributed by atoms with E-state index in [4.69, 9.17) is 9.57 Å². The van der Waals surface area contributed by atoms with Crippen LogP contribution in [0.5, 0.6) is 0 Å². The van der Waals surface area contributed by atoms with Crippen molar-refractivity contribution in [1.29, 1.82) is 0 Å². The molecule has 5 heteroatoms. The van der Waals surface area contributed by atoms with E-state index in [1.54, 1.807) is 0 Å². The first kappa shape index (κ1) is 8.14. The third kappa shape index (κ3) is 0.726. The van der Waals surface area contributed by atoms with Gasteiger partial charge in [0.25, 0.3) is 11.8 Å². The zero-order chi connectivity index (χ0) is 9.87. The molecule has 2 fully saturated rings. The van der Waals surface area contributed by atoms with Gasteiger partial charge in [-0.05, 0) is 0 Å². The Morgan fingerprint density at radius 2 is 1.71 bits per heavy atom. The highest BCUT2D eigenvalue weighted by Crippen LogP contribution is 2.44. The highest BCUT2D eigenvalue weighted by atomic mass is 16.7. The van der Waals surface area contributed by atoms with Gasteiger partial charge in [0.05, 0.1) is 31.2 Å². The Balaban J connectivity index is 2.02. The van der Waals surface area contributed by atoms with Gasteiger partial charge in [-0.3, -0.25) is 14.4 Å². The molecule has 4 atom stereocenters. The van der Waals surface area contributed by atoms with Crippen LogP contribution in [0.25, 0.3) is 0 Å². The monoisotopic (exact) mass is 195 g/mol. The van der Waals surface area contributed by atoms with E-state index in [-0.39, 0.29) is 35.9 Å². The van der Waals surface area contributed by atoms with Crippen molar-refractivity contribution in [2.45, 2.75) is 12.2 Å². The summed E-state index contributed by atoms with van der Waals surface area (Å²) in [5, 5.41) is 0.852. The van der Waals surface area contributed by atoms with Crippen molar-refractivity contribution < 1.29 is 19.2 Å². The minimum absolute atomic E-state index is 0.235. The van der Waals surface area contributed by atoms with Gasteiger partial charge in [0.1, 0.15) is 0 Å². The van der Waals surface area contributed by atoms with Crippen molar-refractivity contribution in [3.63, 3.8) is 0 Å². The summed E-state index contributed by atoms with van der Waals surface area (Å²) in [5.41, 5.74) is 0. The number of amides is 2. The average Bonchev–Trinajstić information content (AvgIpc) is 2.80. The Kier molecular flexibility index (Phi) is 1.41. The van der Waals surface area contributed by atoms with Crippen LogP contribution in [0.15, 0.2) is 12.2 Å². The van der Waals surface area contributed by atoms with Crippen molar-refractivity contribution in [2.24, 2.45) is 11.8 Å². The molecule has 2 saturated heterocycles. The first-order valence-electron chi connectivity index (χ1n) is 4.50. The number of nitrogens with zero attached hydrogens (tertiary/aromatic N) is 1. The van der Waals surface area contributed by atoms with Gasteiger partial charge in [-0.25, -0.2) is 0 Å². The lowest BCUT2D eigenvalue weighted by Gasteiger charge is -2.13. The van der Waals surface area contributed by atoms with Gasteiger partial charge in [-0.15, -0.1) is 0 Å². The maximum absolute atomic E-state index is 11.7. The first-order valence-corrected chi connectivity index (χ1v) is 4.50. The number of hydrogen-bond donors (Lipinski definition) is 0. The number of rotatable bonds is 1. The van der Waals surface area contributed by atoms with E-state index in [0.29, 0.717) is 0 Å². The SMILES string of the molecule is CON1C(=O)[C@@H]2[C@H](C1=O)[C@@H]1C=C[C@@H]2O1. The third-order valence-corrected chi connectivity index (χ3v) is 3.05. The summed E-state index contributed by atoms with van der Waals surface area (Å²) in [6, 6.07) is 0. The fourth-order valence-corrected chi connectivity index (χ4v) is 2.46. The molecule has 0 unspecified atom stereocenters. The lowest BCUT2D eigenvalue weighted by Crippen LogP contribution is -2.33. The predicted octanol–water partition coefficient (Wildman–Crippen LogP) is -0.514. The van der Waals surface area contributed by atoms with E-state index in [9.17, 15) is 9.59 Å². The summed E-state index contributed by atoms with van der Waals surface area (Å²) >= 11 is 0.